The molecule has 9 heteroatoms. The van der Waals surface area contributed by atoms with Gasteiger partial charge in [0.2, 0.25) is 0 Å². The van der Waals surface area contributed by atoms with Crippen molar-refractivity contribution < 1.29 is 31.9 Å². The van der Waals surface area contributed by atoms with Crippen LogP contribution in [-0.4, -0.2) is 29.6 Å². The first-order chi connectivity index (χ1) is 12.3. The first kappa shape index (κ1) is 19.2. The minimum Gasteiger partial charge on any atom is -0.465 e. The number of carbonyl (C=O) groups excluding carboxylic acids is 2. The van der Waals surface area contributed by atoms with Crippen LogP contribution in [0, 0.1) is 29.2 Å². The third kappa shape index (κ3) is 4.29. The molecule has 1 atom stereocenters. The van der Waals surface area contributed by atoms with Gasteiger partial charge in [-0.15, -0.1) is 0 Å². The molecule has 136 valence electrons. The Balaban J connectivity index is 2.42. The largest absolute Gasteiger partial charge is 0.465 e. The van der Waals surface area contributed by atoms with Crippen LogP contribution in [0.15, 0.2) is 35.6 Å². The van der Waals surface area contributed by atoms with Gasteiger partial charge in [0, 0.05) is 18.5 Å². The van der Waals surface area contributed by atoms with E-state index in [1.165, 1.54) is 19.2 Å². The minimum absolute atomic E-state index is 0.0969. The van der Waals surface area contributed by atoms with Crippen LogP contribution in [0.2, 0.25) is 0 Å². The minimum atomic E-state index is -1.78. The van der Waals surface area contributed by atoms with E-state index in [1.54, 1.807) is 0 Å². The zero-order valence-corrected chi connectivity index (χ0v) is 13.4. The van der Waals surface area contributed by atoms with Crippen LogP contribution in [0.1, 0.15) is 17.3 Å². The molecule has 26 heavy (non-hydrogen) atoms. The Labute approximate surface area is 145 Å². The summed E-state index contributed by atoms with van der Waals surface area (Å²) < 4.78 is 58.4. The summed E-state index contributed by atoms with van der Waals surface area (Å²) in [7, 11) is 0. The molecular formula is C17H12F4N2O3. The molecule has 0 spiro atoms. The second kappa shape index (κ2) is 8.32. The third-order valence-electron chi connectivity index (χ3n) is 3.21. The Morgan fingerprint density at radius 1 is 1.15 bits per heavy atom. The van der Waals surface area contributed by atoms with Crippen LogP contribution in [0.4, 0.5) is 23.2 Å². The smallest absolute Gasteiger partial charge is 0.322 e. The molecular weight excluding hydrogens is 356 g/mol. The highest BCUT2D eigenvalue weighted by atomic mass is 19.2. The number of carbonyl (C=O) groups is 2. The average Bonchev–Trinajstić information content (AvgIpc) is 2.60. The molecule has 1 unspecified atom stereocenters. The summed E-state index contributed by atoms with van der Waals surface area (Å²) in [5, 5.41) is 0. The lowest BCUT2D eigenvalue weighted by atomic mass is 9.98. The molecule has 1 heterocycles. The van der Waals surface area contributed by atoms with Crippen molar-refractivity contribution in [3.63, 3.8) is 0 Å². The fourth-order valence-electron chi connectivity index (χ4n) is 1.97. The van der Waals surface area contributed by atoms with Crippen LogP contribution in [-0.2, 0) is 9.53 Å². The number of aromatic nitrogens is 1. The molecule has 5 nitrogen and oxygen atoms in total. The SMILES string of the molecule is CCOC(=O)C(C=Nc1ccncc1F)C(=O)c1cc(F)c(F)cc1F. The maximum atomic E-state index is 13.8. The molecule has 0 amide bonds. The van der Waals surface area contributed by atoms with Crippen molar-refractivity contribution >= 4 is 23.7 Å². The van der Waals surface area contributed by atoms with Crippen molar-refractivity contribution in [2.45, 2.75) is 6.92 Å². The second-order valence-electron chi connectivity index (χ2n) is 4.95. The zero-order chi connectivity index (χ0) is 19.3. The highest BCUT2D eigenvalue weighted by molar-refractivity contribution is 6.18. The van der Waals surface area contributed by atoms with E-state index in [2.05, 4.69) is 9.98 Å². The fourth-order valence-corrected chi connectivity index (χ4v) is 1.97. The molecule has 1 aromatic carbocycles. The van der Waals surface area contributed by atoms with E-state index in [-0.39, 0.29) is 18.4 Å². The number of nitrogens with zero attached hydrogens (tertiary/aromatic N) is 2. The maximum absolute atomic E-state index is 13.8. The summed E-state index contributed by atoms with van der Waals surface area (Å²) in [5.41, 5.74) is -1.09. The number of aliphatic imine (C=N–C) groups is 1. The Morgan fingerprint density at radius 2 is 1.85 bits per heavy atom. The number of hydrogen-bond acceptors (Lipinski definition) is 5. The molecule has 2 rings (SSSR count). The lowest BCUT2D eigenvalue weighted by molar-refractivity contribution is -0.143. The van der Waals surface area contributed by atoms with Crippen LogP contribution in [0.5, 0.6) is 0 Å². The predicted octanol–water partition coefficient (Wildman–Crippen LogP) is 3.40. The van der Waals surface area contributed by atoms with E-state index in [9.17, 15) is 27.2 Å². The number of esters is 1. The molecule has 0 aliphatic carbocycles. The first-order valence-corrected chi connectivity index (χ1v) is 7.34. The van der Waals surface area contributed by atoms with Gasteiger partial charge in [0.05, 0.1) is 18.4 Å². The molecule has 0 N–H and O–H groups in total. The molecule has 0 aliphatic rings. The van der Waals surface area contributed by atoms with Gasteiger partial charge >= 0.3 is 5.97 Å². The lowest BCUT2D eigenvalue weighted by Crippen LogP contribution is -2.28. The topological polar surface area (TPSA) is 68.6 Å². The predicted molar refractivity (Wildman–Crippen MR) is 83.1 cm³/mol. The van der Waals surface area contributed by atoms with Crippen LogP contribution in [0.25, 0.3) is 0 Å². The van der Waals surface area contributed by atoms with Gasteiger partial charge < -0.3 is 4.74 Å². The van der Waals surface area contributed by atoms with E-state index >= 15 is 0 Å². The Morgan fingerprint density at radius 3 is 2.50 bits per heavy atom. The van der Waals surface area contributed by atoms with E-state index in [1.807, 2.05) is 0 Å². The van der Waals surface area contributed by atoms with Gasteiger partial charge in [-0.05, 0) is 19.1 Å². The highest BCUT2D eigenvalue weighted by Crippen LogP contribution is 2.20. The lowest BCUT2D eigenvalue weighted by Gasteiger charge is -2.11. The van der Waals surface area contributed by atoms with E-state index in [4.69, 9.17) is 4.74 Å². The zero-order valence-electron chi connectivity index (χ0n) is 13.4. The van der Waals surface area contributed by atoms with Crippen molar-refractivity contribution in [1.82, 2.24) is 4.98 Å². The number of ketones is 1. The van der Waals surface area contributed by atoms with Gasteiger partial charge in [-0.3, -0.25) is 19.6 Å². The van der Waals surface area contributed by atoms with Crippen LogP contribution < -0.4 is 0 Å². The summed E-state index contributed by atoms with van der Waals surface area (Å²) in [6, 6.07) is 1.70. The van der Waals surface area contributed by atoms with Gasteiger partial charge in [0.1, 0.15) is 11.5 Å². The van der Waals surface area contributed by atoms with Gasteiger partial charge in [-0.2, -0.15) is 0 Å². The van der Waals surface area contributed by atoms with Crippen molar-refractivity contribution in [3.8, 4) is 0 Å². The molecule has 0 aliphatic heterocycles. The normalized spacial score (nSPS) is 12.2. The standard InChI is InChI=1S/C17H12F4N2O3/c1-2-26-17(25)10(7-23-15-3-4-22-8-14(15)21)16(24)9-5-12(19)13(20)6-11(9)18/h3-8,10H,2H2,1H3. The maximum Gasteiger partial charge on any atom is 0.322 e. The van der Waals surface area contributed by atoms with Crippen molar-refractivity contribution in [3.05, 3.63) is 59.4 Å². The molecule has 0 radical (unpaired) electrons. The quantitative estimate of drug-likeness (QED) is 0.196. The van der Waals surface area contributed by atoms with Crippen LogP contribution in [0.3, 0.4) is 0 Å². The van der Waals surface area contributed by atoms with Gasteiger partial charge in [-0.1, -0.05) is 0 Å². The molecule has 0 fully saturated rings. The van der Waals surface area contributed by atoms with Crippen LogP contribution >= 0.6 is 0 Å². The Bertz CT molecular complexity index is 871. The third-order valence-corrected chi connectivity index (χ3v) is 3.21. The van der Waals surface area contributed by atoms with E-state index in [0.717, 1.165) is 12.4 Å². The van der Waals surface area contributed by atoms with E-state index < -0.39 is 46.5 Å². The summed E-state index contributed by atoms with van der Waals surface area (Å²) in [6.45, 7) is 1.37. The number of ether oxygens (including phenoxy) is 1. The highest BCUT2D eigenvalue weighted by Gasteiger charge is 2.30. The summed E-state index contributed by atoms with van der Waals surface area (Å²) >= 11 is 0. The summed E-state index contributed by atoms with van der Waals surface area (Å²) in [5.74, 6) is -9.21. The number of pyridine rings is 1. The second-order valence-corrected chi connectivity index (χ2v) is 4.95. The monoisotopic (exact) mass is 368 g/mol. The van der Waals surface area contributed by atoms with E-state index in [0.29, 0.717) is 6.07 Å². The molecule has 2 aromatic rings. The Kier molecular flexibility index (Phi) is 6.16. The van der Waals surface area contributed by atoms with Gasteiger partial charge in [-0.25, -0.2) is 17.6 Å². The summed E-state index contributed by atoms with van der Waals surface area (Å²) in [6.07, 6.45) is 2.84. The molecule has 0 bridgehead atoms. The number of halogens is 4. The summed E-state index contributed by atoms with van der Waals surface area (Å²) in [4.78, 5) is 31.6. The van der Waals surface area contributed by atoms with Crippen molar-refractivity contribution in [2.24, 2.45) is 10.9 Å². The van der Waals surface area contributed by atoms with Gasteiger partial charge in [0.25, 0.3) is 0 Å². The number of Topliss-reactive ketones (excluding diaryl/α,β-unsaturated/α-hetero) is 1. The molecule has 1 aromatic heterocycles. The first-order valence-electron chi connectivity index (χ1n) is 7.34. The van der Waals surface area contributed by atoms with Crippen molar-refractivity contribution in [2.75, 3.05) is 6.61 Å². The number of rotatable bonds is 6. The molecule has 0 saturated heterocycles. The average molecular weight is 368 g/mol. The number of hydrogen-bond donors (Lipinski definition) is 0. The molecule has 0 saturated carbocycles. The number of benzene rings is 1. The van der Waals surface area contributed by atoms with Crippen molar-refractivity contribution in [1.29, 1.82) is 0 Å². The fraction of sp³-hybridized carbons (Fsp3) is 0.176. The van der Waals surface area contributed by atoms with Gasteiger partial charge in [0.15, 0.2) is 29.2 Å². The Hall–Kier alpha value is -3.10.